The van der Waals surface area contributed by atoms with Crippen molar-refractivity contribution in [2.24, 2.45) is 0 Å². The van der Waals surface area contributed by atoms with Gasteiger partial charge in [0.15, 0.2) is 6.54 Å². The summed E-state index contributed by atoms with van der Waals surface area (Å²) >= 11 is 2.25. The number of benzene rings is 3. The minimum atomic E-state index is -0.198. The molecule has 0 atom stereocenters. The topological polar surface area (TPSA) is 195 Å². The first-order chi connectivity index (χ1) is 26.0. The number of amides is 1. The van der Waals surface area contributed by atoms with Crippen LogP contribution in [0.5, 0.6) is 5.75 Å². The number of hydrogen-bond donors (Lipinski definition) is 7. The molecule has 0 radical (unpaired) electrons. The number of aromatic nitrogens is 3. The molecule has 0 aliphatic heterocycles. The fourth-order valence-electron chi connectivity index (χ4n) is 4.62. The largest absolute Gasteiger partial charge is 0.508 e. The van der Waals surface area contributed by atoms with Crippen LogP contribution in [0, 0.1) is 0 Å². The lowest BCUT2D eigenvalue weighted by Gasteiger charge is -2.12. The zero-order chi connectivity index (χ0) is 37.4. The maximum atomic E-state index is 12.6. The number of anilines is 4. The minimum Gasteiger partial charge on any atom is -0.508 e. The molecule has 0 fully saturated rings. The van der Waals surface area contributed by atoms with E-state index in [4.69, 9.17) is 18.9 Å². The van der Waals surface area contributed by atoms with Gasteiger partial charge in [-0.25, -0.2) is 4.99 Å². The maximum absolute atomic E-state index is 12.6. The summed E-state index contributed by atoms with van der Waals surface area (Å²) < 4.78 is 23.1. The van der Waals surface area contributed by atoms with Crippen LogP contribution in [-0.2, 0) is 25.4 Å². The van der Waals surface area contributed by atoms with Crippen LogP contribution in [0.4, 0.5) is 23.5 Å². The predicted molar refractivity (Wildman–Crippen MR) is 212 cm³/mol. The molecule has 284 valence electrons. The number of nitrogens with zero attached hydrogens (tertiary/aromatic N) is 3. The summed E-state index contributed by atoms with van der Waals surface area (Å²) in [6, 6.07) is 23.3. The number of aliphatic hydroxyl groups excluding tert-OH is 1. The number of alkyl halides is 1. The second-order valence-electron chi connectivity index (χ2n) is 11.3. The van der Waals surface area contributed by atoms with Crippen molar-refractivity contribution in [3.63, 3.8) is 0 Å². The molecule has 1 heterocycles. The van der Waals surface area contributed by atoms with Crippen LogP contribution in [0.3, 0.4) is 0 Å². The Morgan fingerprint density at radius 3 is 1.94 bits per heavy atom. The number of phenols is 1. The first-order valence-corrected chi connectivity index (χ1v) is 18.9. The number of hydrogen-bond acceptors (Lipinski definition) is 12. The Morgan fingerprint density at radius 2 is 1.26 bits per heavy atom. The molecule has 0 saturated carbocycles. The SMILES string of the molecule is O=C(NCCOCCOCCI)c1ccc(Nc2nc(NCCOCCOCC[NH+]=C(O)c3ccccc3)nc(NCCc3ccc(O)cc3)n2)cc1. The third kappa shape index (κ3) is 16.7. The average molecular weight is 844 g/mol. The summed E-state index contributed by atoms with van der Waals surface area (Å²) in [5.74, 6) is 1.17. The van der Waals surface area contributed by atoms with Gasteiger partial charge in [-0.3, -0.25) is 4.79 Å². The first-order valence-electron chi connectivity index (χ1n) is 17.4. The highest BCUT2D eigenvalue weighted by Crippen LogP contribution is 2.17. The Morgan fingerprint density at radius 1 is 0.660 bits per heavy atom. The van der Waals surface area contributed by atoms with Crippen molar-refractivity contribution >= 4 is 57.9 Å². The monoisotopic (exact) mass is 843 g/mol. The van der Waals surface area contributed by atoms with E-state index in [1.165, 1.54) is 0 Å². The number of rotatable bonds is 26. The Bertz CT molecular complexity index is 1650. The molecule has 7 N–H and O–H groups in total. The van der Waals surface area contributed by atoms with E-state index in [9.17, 15) is 15.0 Å². The lowest BCUT2D eigenvalue weighted by molar-refractivity contribution is -0.469. The molecule has 1 amide bonds. The van der Waals surface area contributed by atoms with Crippen LogP contribution >= 0.6 is 22.6 Å². The van der Waals surface area contributed by atoms with Crippen LogP contribution in [-0.4, -0.2) is 120 Å². The summed E-state index contributed by atoms with van der Waals surface area (Å²) in [6.45, 7) is 5.61. The Balaban J connectivity index is 1.22. The fraction of sp³-hybridized carbons (Fsp3) is 0.378. The number of phenolic OH excluding ortho intramolecular Hbond substituents is 1. The molecular formula is C37H48IN8O7+. The van der Waals surface area contributed by atoms with Crippen molar-refractivity contribution in [3.05, 3.63) is 95.6 Å². The van der Waals surface area contributed by atoms with Crippen molar-refractivity contribution in [2.45, 2.75) is 6.42 Å². The zero-order valence-electron chi connectivity index (χ0n) is 29.6. The molecule has 0 bridgehead atoms. The fourth-order valence-corrected chi connectivity index (χ4v) is 4.93. The third-order valence-electron chi connectivity index (χ3n) is 7.28. The van der Waals surface area contributed by atoms with Gasteiger partial charge in [0.05, 0.1) is 51.8 Å². The first kappa shape index (κ1) is 41.1. The Labute approximate surface area is 323 Å². The molecule has 0 unspecified atom stereocenters. The van der Waals surface area contributed by atoms with Crippen LogP contribution in [0.15, 0.2) is 78.9 Å². The van der Waals surface area contributed by atoms with E-state index in [1.54, 1.807) is 36.4 Å². The van der Waals surface area contributed by atoms with Gasteiger partial charge in [-0.05, 0) is 60.5 Å². The molecule has 3 aromatic carbocycles. The molecular weight excluding hydrogens is 795 g/mol. The lowest BCUT2D eigenvalue weighted by atomic mass is 10.1. The highest BCUT2D eigenvalue weighted by Gasteiger charge is 2.10. The lowest BCUT2D eigenvalue weighted by Crippen LogP contribution is -2.74. The van der Waals surface area contributed by atoms with Crippen molar-refractivity contribution < 1.29 is 38.9 Å². The van der Waals surface area contributed by atoms with E-state index < -0.39 is 0 Å². The van der Waals surface area contributed by atoms with Gasteiger partial charge in [0, 0.05) is 35.3 Å². The number of aromatic hydroxyl groups is 1. The van der Waals surface area contributed by atoms with E-state index >= 15 is 0 Å². The molecule has 16 heteroatoms. The van der Waals surface area contributed by atoms with E-state index in [-0.39, 0.29) is 17.6 Å². The van der Waals surface area contributed by atoms with Crippen molar-refractivity contribution in [1.29, 1.82) is 0 Å². The number of aliphatic hydroxyl groups is 1. The van der Waals surface area contributed by atoms with Gasteiger partial charge < -0.3 is 50.4 Å². The second-order valence-corrected chi connectivity index (χ2v) is 12.4. The summed E-state index contributed by atoms with van der Waals surface area (Å²) in [5, 5.41) is 32.1. The van der Waals surface area contributed by atoms with E-state index in [0.29, 0.717) is 115 Å². The van der Waals surface area contributed by atoms with Gasteiger partial charge in [0.25, 0.3) is 5.91 Å². The highest BCUT2D eigenvalue weighted by atomic mass is 127. The van der Waals surface area contributed by atoms with Gasteiger partial charge in [0.2, 0.25) is 17.8 Å². The molecule has 1 aromatic heterocycles. The van der Waals surface area contributed by atoms with Gasteiger partial charge in [-0.15, -0.1) is 0 Å². The summed E-state index contributed by atoms with van der Waals surface area (Å²) in [4.78, 5) is 29.1. The quantitative estimate of drug-likeness (QED) is 0.0161. The smallest absolute Gasteiger partial charge is 0.365 e. The maximum Gasteiger partial charge on any atom is 0.365 e. The van der Waals surface area contributed by atoms with Gasteiger partial charge >= 0.3 is 5.90 Å². The normalized spacial score (nSPS) is 11.3. The minimum absolute atomic E-state index is 0.114. The van der Waals surface area contributed by atoms with Crippen LogP contribution in [0.1, 0.15) is 21.5 Å². The molecule has 15 nitrogen and oxygen atoms in total. The van der Waals surface area contributed by atoms with E-state index in [0.717, 1.165) is 15.6 Å². The van der Waals surface area contributed by atoms with E-state index in [1.807, 2.05) is 42.5 Å². The molecule has 0 aliphatic carbocycles. The number of carbonyl (C=O) groups is 1. The van der Waals surface area contributed by atoms with Crippen molar-refractivity contribution in [3.8, 4) is 5.75 Å². The number of halogens is 1. The van der Waals surface area contributed by atoms with Crippen LogP contribution in [0.2, 0.25) is 0 Å². The molecule has 0 spiro atoms. The van der Waals surface area contributed by atoms with Gasteiger partial charge in [0.1, 0.15) is 12.4 Å². The Hall–Kier alpha value is -4.62. The van der Waals surface area contributed by atoms with Crippen molar-refractivity contribution in [1.82, 2.24) is 20.3 Å². The Kier molecular flexibility index (Phi) is 19.1. The molecule has 4 rings (SSSR count). The van der Waals surface area contributed by atoms with E-state index in [2.05, 4.69) is 63.8 Å². The van der Waals surface area contributed by atoms with Gasteiger partial charge in [-0.2, -0.15) is 15.0 Å². The van der Waals surface area contributed by atoms with Gasteiger partial charge in [-0.1, -0.05) is 52.9 Å². The molecule has 0 saturated heterocycles. The molecule has 53 heavy (non-hydrogen) atoms. The van der Waals surface area contributed by atoms with Crippen molar-refractivity contribution in [2.75, 3.05) is 99.4 Å². The highest BCUT2D eigenvalue weighted by molar-refractivity contribution is 14.1. The second kappa shape index (κ2) is 24.6. The third-order valence-corrected chi connectivity index (χ3v) is 7.73. The standard InChI is InChI=1S/C37H47IN8O7/c38-15-20-50-24-25-51-22-18-40-34(49)30-8-10-31(11-9-30)43-37-45-35(41-16-14-28-6-12-32(47)13-7-28)44-36(46-37)42-19-23-53-27-26-52-21-17-39-33(48)29-4-2-1-3-5-29/h1-13,47H,14-27H2,(H,39,48)(H,40,49)(H3,41,42,43,44,45,46)/p+1. The molecule has 0 aliphatic rings. The van der Waals surface area contributed by atoms with Crippen LogP contribution < -0.4 is 26.3 Å². The summed E-state index contributed by atoms with van der Waals surface area (Å²) in [6.07, 6.45) is 0.693. The zero-order valence-corrected chi connectivity index (χ0v) is 31.7. The summed E-state index contributed by atoms with van der Waals surface area (Å²) in [7, 11) is 0. The number of nitrogens with one attached hydrogen (secondary N) is 5. The summed E-state index contributed by atoms with van der Waals surface area (Å²) in [5.41, 5.74) is 2.98. The predicted octanol–water partition coefficient (Wildman–Crippen LogP) is 2.70. The average Bonchev–Trinajstić information content (AvgIpc) is 3.18. The molecule has 4 aromatic rings. The number of carbonyl (C=O) groups excluding carboxylic acids is 1. The number of ether oxygens (including phenoxy) is 4. The van der Waals surface area contributed by atoms with Crippen LogP contribution in [0.25, 0.3) is 0 Å².